The molecule has 0 bridgehead atoms. The van der Waals surface area contributed by atoms with Gasteiger partial charge in [-0.25, -0.2) is 0 Å². The van der Waals surface area contributed by atoms with Gasteiger partial charge < -0.3 is 44.8 Å². The molecule has 6 N–H and O–H groups in total. The molecule has 8 atom stereocenters. The van der Waals surface area contributed by atoms with E-state index in [1.165, 1.54) is 0 Å². The predicted molar refractivity (Wildman–Crippen MR) is 82.2 cm³/mol. The van der Waals surface area contributed by atoms with E-state index in [4.69, 9.17) is 14.2 Å². The summed E-state index contributed by atoms with van der Waals surface area (Å²) in [5.74, 6) is -2.19. The molecule has 2 aliphatic heterocycles. The molecule has 136 valence electrons. The minimum atomic E-state index is -2.06. The third-order valence-electron chi connectivity index (χ3n) is 4.15. The fourth-order valence-electron chi connectivity index (χ4n) is 2.58. The van der Waals surface area contributed by atoms with E-state index in [1.54, 1.807) is 0 Å². The van der Waals surface area contributed by atoms with Crippen molar-refractivity contribution in [3.63, 3.8) is 0 Å². The average molecular weight is 374 g/mol. The van der Waals surface area contributed by atoms with Crippen molar-refractivity contribution in [3.05, 3.63) is 0 Å². The lowest BCUT2D eigenvalue weighted by atomic mass is 9.96. The Morgan fingerprint density at radius 1 is 1.09 bits per heavy atom. The molecule has 11 heteroatoms. The van der Waals surface area contributed by atoms with E-state index in [0.29, 0.717) is 0 Å². The fourth-order valence-corrected chi connectivity index (χ4v) is 3.14. The Kier molecular flexibility index (Phi) is 6.24. The average Bonchev–Trinajstić information content (AvgIpc) is 2.81. The highest BCUT2D eigenvalue weighted by Crippen LogP contribution is 2.38. The number of hydrogen-bond donors (Lipinski definition) is 8. The third-order valence-corrected chi connectivity index (χ3v) is 5.06. The first kappa shape index (κ1) is 19.7. The summed E-state index contributed by atoms with van der Waals surface area (Å²) in [5, 5.41) is 59.6. The number of rotatable bonds is 5. The van der Waals surface area contributed by atoms with Crippen LogP contribution in [0.4, 0.5) is 0 Å². The van der Waals surface area contributed by atoms with Gasteiger partial charge in [0.2, 0.25) is 5.79 Å². The van der Waals surface area contributed by atoms with E-state index in [-0.39, 0.29) is 18.1 Å². The molecular formula is C12H22O9S2. The maximum atomic E-state index is 10.2. The first-order chi connectivity index (χ1) is 10.7. The van der Waals surface area contributed by atoms with Crippen LogP contribution in [-0.2, 0) is 14.2 Å². The summed E-state index contributed by atoms with van der Waals surface area (Å²) < 4.78 is 15.9. The lowest BCUT2D eigenvalue weighted by Crippen LogP contribution is -2.63. The van der Waals surface area contributed by atoms with E-state index in [9.17, 15) is 30.6 Å². The van der Waals surface area contributed by atoms with Crippen LogP contribution >= 0.6 is 25.3 Å². The van der Waals surface area contributed by atoms with Crippen LogP contribution in [0.25, 0.3) is 0 Å². The zero-order chi connectivity index (χ0) is 17.4. The van der Waals surface area contributed by atoms with E-state index in [2.05, 4.69) is 25.3 Å². The molecule has 0 radical (unpaired) electrons. The molecule has 0 aromatic carbocycles. The minimum absolute atomic E-state index is 0.0287. The van der Waals surface area contributed by atoms with Crippen LogP contribution in [0.3, 0.4) is 0 Å². The van der Waals surface area contributed by atoms with Crippen LogP contribution in [0.15, 0.2) is 0 Å². The van der Waals surface area contributed by atoms with Gasteiger partial charge in [-0.15, -0.1) is 0 Å². The standard InChI is InChI=1S/C12H22O9S2/c13-2-12(10(17)11(18,4-23)3-19-12)21-9-8(16)7(15)6(14)5(1-22)20-9/h5-10,13-18,22-23H,1-4H2. The topological polar surface area (TPSA) is 149 Å². The molecule has 9 nitrogen and oxygen atoms in total. The number of aliphatic hydroxyl groups excluding tert-OH is 5. The summed E-state index contributed by atoms with van der Waals surface area (Å²) in [4.78, 5) is 0. The molecule has 0 spiro atoms. The molecule has 0 aliphatic carbocycles. The third kappa shape index (κ3) is 3.37. The maximum Gasteiger partial charge on any atom is 0.224 e. The van der Waals surface area contributed by atoms with Gasteiger partial charge >= 0.3 is 0 Å². The Labute approximate surface area is 143 Å². The molecule has 2 heterocycles. The normalized spacial score (nSPS) is 51.1. The van der Waals surface area contributed by atoms with E-state index >= 15 is 0 Å². The van der Waals surface area contributed by atoms with Crippen molar-refractivity contribution in [2.75, 3.05) is 24.7 Å². The molecular weight excluding hydrogens is 352 g/mol. The first-order valence-electron chi connectivity index (χ1n) is 6.99. The van der Waals surface area contributed by atoms with Gasteiger partial charge in [0.1, 0.15) is 36.6 Å². The van der Waals surface area contributed by atoms with Crippen molar-refractivity contribution in [2.45, 2.75) is 48.2 Å². The summed E-state index contributed by atoms with van der Waals surface area (Å²) in [7, 11) is 0. The molecule has 0 aromatic heterocycles. The summed E-state index contributed by atoms with van der Waals surface area (Å²) in [5.41, 5.74) is -1.76. The van der Waals surface area contributed by atoms with Crippen molar-refractivity contribution < 1.29 is 44.8 Å². The second-order valence-electron chi connectivity index (χ2n) is 5.74. The van der Waals surface area contributed by atoms with Crippen molar-refractivity contribution >= 4 is 25.3 Å². The summed E-state index contributed by atoms with van der Waals surface area (Å²) in [6.07, 6.45) is -8.76. The molecule has 2 saturated heterocycles. The van der Waals surface area contributed by atoms with Crippen LogP contribution in [0.5, 0.6) is 0 Å². The smallest absolute Gasteiger partial charge is 0.224 e. The number of thiol groups is 2. The van der Waals surface area contributed by atoms with Gasteiger partial charge in [0, 0.05) is 11.5 Å². The Bertz CT molecular complexity index is 414. The molecule has 8 unspecified atom stereocenters. The van der Waals surface area contributed by atoms with Crippen LogP contribution in [-0.4, -0.2) is 104 Å². The second kappa shape index (κ2) is 7.30. The SMILES string of the molecule is OCC1(OC2OC(CS)C(O)C(O)C2O)OCC(O)(CS)C1O. The Morgan fingerprint density at radius 2 is 1.74 bits per heavy atom. The molecule has 23 heavy (non-hydrogen) atoms. The van der Waals surface area contributed by atoms with Crippen LogP contribution in [0, 0.1) is 0 Å². The Hall–Kier alpha value is 0.340. The zero-order valence-electron chi connectivity index (χ0n) is 12.1. The van der Waals surface area contributed by atoms with Crippen LogP contribution in [0.2, 0.25) is 0 Å². The number of ether oxygens (including phenoxy) is 3. The number of aliphatic hydroxyl groups is 6. The first-order valence-corrected chi connectivity index (χ1v) is 8.25. The van der Waals surface area contributed by atoms with Crippen molar-refractivity contribution in [1.29, 1.82) is 0 Å². The van der Waals surface area contributed by atoms with E-state index in [0.717, 1.165) is 0 Å². The highest BCUT2D eigenvalue weighted by Gasteiger charge is 2.60. The highest BCUT2D eigenvalue weighted by atomic mass is 32.1. The fraction of sp³-hybridized carbons (Fsp3) is 1.00. The summed E-state index contributed by atoms with van der Waals surface area (Å²) in [6.45, 7) is -1.21. The second-order valence-corrected chi connectivity index (χ2v) is 6.42. The van der Waals surface area contributed by atoms with Gasteiger partial charge in [-0.05, 0) is 0 Å². The summed E-state index contributed by atoms with van der Waals surface area (Å²) in [6, 6.07) is 0. The van der Waals surface area contributed by atoms with Gasteiger partial charge in [0.15, 0.2) is 6.29 Å². The van der Waals surface area contributed by atoms with Gasteiger partial charge in [0.25, 0.3) is 0 Å². The van der Waals surface area contributed by atoms with Gasteiger partial charge in [-0.2, -0.15) is 25.3 Å². The van der Waals surface area contributed by atoms with Crippen LogP contribution in [0.1, 0.15) is 0 Å². The van der Waals surface area contributed by atoms with Gasteiger partial charge in [-0.1, -0.05) is 0 Å². The molecule has 2 fully saturated rings. The monoisotopic (exact) mass is 374 g/mol. The van der Waals surface area contributed by atoms with Gasteiger partial charge in [-0.3, -0.25) is 0 Å². The minimum Gasteiger partial charge on any atom is -0.391 e. The lowest BCUT2D eigenvalue weighted by Gasteiger charge is -2.43. The predicted octanol–water partition coefficient (Wildman–Crippen LogP) is -3.52. The summed E-state index contributed by atoms with van der Waals surface area (Å²) >= 11 is 7.90. The zero-order valence-corrected chi connectivity index (χ0v) is 13.9. The highest BCUT2D eigenvalue weighted by molar-refractivity contribution is 7.80. The molecule has 2 aliphatic rings. The van der Waals surface area contributed by atoms with Crippen molar-refractivity contribution in [1.82, 2.24) is 0 Å². The quantitative estimate of drug-likeness (QED) is 0.229. The Morgan fingerprint density at radius 3 is 2.22 bits per heavy atom. The maximum absolute atomic E-state index is 10.2. The van der Waals surface area contributed by atoms with E-state index < -0.39 is 54.8 Å². The van der Waals surface area contributed by atoms with Crippen molar-refractivity contribution in [2.24, 2.45) is 0 Å². The van der Waals surface area contributed by atoms with E-state index in [1.807, 2.05) is 0 Å². The largest absolute Gasteiger partial charge is 0.391 e. The Balaban J connectivity index is 2.18. The molecule has 0 amide bonds. The van der Waals surface area contributed by atoms with Crippen molar-refractivity contribution in [3.8, 4) is 0 Å². The lowest BCUT2D eigenvalue weighted by molar-refractivity contribution is -0.376. The number of hydrogen-bond acceptors (Lipinski definition) is 11. The molecule has 0 saturated carbocycles. The van der Waals surface area contributed by atoms with Gasteiger partial charge in [0.05, 0.1) is 12.7 Å². The molecule has 0 aromatic rings. The van der Waals surface area contributed by atoms with Crippen LogP contribution < -0.4 is 0 Å². The molecule has 2 rings (SSSR count).